The van der Waals surface area contributed by atoms with Gasteiger partial charge in [-0.15, -0.1) is 0 Å². The van der Waals surface area contributed by atoms with Gasteiger partial charge in [-0.3, -0.25) is 4.79 Å². The van der Waals surface area contributed by atoms with Crippen LogP contribution >= 0.6 is 0 Å². The third-order valence-electron chi connectivity index (χ3n) is 3.61. The number of hydrogen-bond donors (Lipinski definition) is 2. The Morgan fingerprint density at radius 2 is 1.70 bits per heavy atom. The molecule has 1 unspecified atom stereocenters. The Kier molecular flexibility index (Phi) is 7.20. The molecule has 0 rings (SSSR count). The number of hydrogen-bond acceptors (Lipinski definition) is 4. The molecule has 0 aliphatic carbocycles. The lowest BCUT2D eigenvalue weighted by Crippen LogP contribution is -2.50. The first-order valence-corrected chi connectivity index (χ1v) is 7.14. The van der Waals surface area contributed by atoms with E-state index in [1.165, 1.54) is 7.11 Å². The van der Waals surface area contributed by atoms with E-state index in [0.29, 0.717) is 18.9 Å². The Bertz CT molecular complexity index is 333. The van der Waals surface area contributed by atoms with E-state index in [1.54, 1.807) is 13.8 Å². The standard InChI is InChI=1S/C15H30N2O3/c1-14(2,3)11(9-10-16)7-8-12(18)17-15(4,5)13(19)20-6/h11H,7-10,16H2,1-6H3,(H,17,18). The third kappa shape index (κ3) is 6.37. The third-order valence-corrected chi connectivity index (χ3v) is 3.61. The van der Waals surface area contributed by atoms with Crippen LogP contribution in [-0.4, -0.2) is 31.1 Å². The lowest BCUT2D eigenvalue weighted by Gasteiger charge is -2.31. The van der Waals surface area contributed by atoms with Crippen molar-refractivity contribution in [1.29, 1.82) is 0 Å². The monoisotopic (exact) mass is 286 g/mol. The predicted molar refractivity (Wildman–Crippen MR) is 80.1 cm³/mol. The largest absolute Gasteiger partial charge is 0.467 e. The van der Waals surface area contributed by atoms with Crippen LogP contribution in [0.5, 0.6) is 0 Å². The molecule has 3 N–H and O–H groups in total. The Labute approximate surface area is 122 Å². The Morgan fingerprint density at radius 1 is 1.15 bits per heavy atom. The van der Waals surface area contributed by atoms with Gasteiger partial charge in [0.2, 0.25) is 5.91 Å². The Morgan fingerprint density at radius 3 is 2.10 bits per heavy atom. The van der Waals surface area contributed by atoms with Crippen molar-refractivity contribution in [2.24, 2.45) is 17.1 Å². The van der Waals surface area contributed by atoms with Crippen LogP contribution in [-0.2, 0) is 14.3 Å². The molecule has 0 spiro atoms. The molecule has 0 aliphatic rings. The number of rotatable bonds is 7. The molecular weight excluding hydrogens is 256 g/mol. The van der Waals surface area contributed by atoms with Gasteiger partial charge in [-0.25, -0.2) is 4.79 Å². The smallest absolute Gasteiger partial charge is 0.330 e. The summed E-state index contributed by atoms with van der Waals surface area (Å²) in [7, 11) is 1.31. The van der Waals surface area contributed by atoms with Gasteiger partial charge < -0.3 is 15.8 Å². The first kappa shape index (κ1) is 18.9. The van der Waals surface area contributed by atoms with E-state index in [2.05, 4.69) is 30.8 Å². The summed E-state index contributed by atoms with van der Waals surface area (Å²) in [6.45, 7) is 10.4. The minimum absolute atomic E-state index is 0.123. The van der Waals surface area contributed by atoms with E-state index < -0.39 is 11.5 Å². The second-order valence-corrected chi connectivity index (χ2v) is 6.84. The summed E-state index contributed by atoms with van der Waals surface area (Å²) < 4.78 is 4.66. The molecule has 0 saturated carbocycles. The van der Waals surface area contributed by atoms with Crippen molar-refractivity contribution in [3.63, 3.8) is 0 Å². The highest BCUT2D eigenvalue weighted by molar-refractivity contribution is 5.87. The molecule has 0 fully saturated rings. The first-order chi connectivity index (χ1) is 9.04. The van der Waals surface area contributed by atoms with Gasteiger partial charge in [-0.05, 0) is 44.6 Å². The van der Waals surface area contributed by atoms with E-state index in [-0.39, 0.29) is 11.3 Å². The number of ether oxygens (including phenoxy) is 1. The van der Waals surface area contributed by atoms with E-state index in [1.807, 2.05) is 0 Å². The second kappa shape index (κ2) is 7.62. The molecule has 0 aromatic carbocycles. The molecule has 1 amide bonds. The van der Waals surface area contributed by atoms with Crippen molar-refractivity contribution in [3.05, 3.63) is 0 Å². The van der Waals surface area contributed by atoms with Crippen LogP contribution in [0.3, 0.4) is 0 Å². The summed E-state index contributed by atoms with van der Waals surface area (Å²) in [4.78, 5) is 23.5. The van der Waals surface area contributed by atoms with Crippen LogP contribution in [0.2, 0.25) is 0 Å². The van der Waals surface area contributed by atoms with Crippen LogP contribution < -0.4 is 11.1 Å². The summed E-state index contributed by atoms with van der Waals surface area (Å²) >= 11 is 0. The van der Waals surface area contributed by atoms with Crippen LogP contribution in [0.1, 0.15) is 53.9 Å². The van der Waals surface area contributed by atoms with E-state index in [4.69, 9.17) is 5.73 Å². The maximum absolute atomic E-state index is 12.0. The van der Waals surface area contributed by atoms with E-state index in [9.17, 15) is 9.59 Å². The number of esters is 1. The maximum atomic E-state index is 12.0. The molecule has 1 atom stereocenters. The summed E-state index contributed by atoms with van der Waals surface area (Å²) in [5, 5.41) is 2.71. The minimum Gasteiger partial charge on any atom is -0.467 e. The number of carbonyl (C=O) groups is 2. The van der Waals surface area contributed by atoms with Crippen molar-refractivity contribution in [2.45, 2.75) is 59.4 Å². The van der Waals surface area contributed by atoms with Crippen molar-refractivity contribution < 1.29 is 14.3 Å². The van der Waals surface area contributed by atoms with Gasteiger partial charge in [-0.2, -0.15) is 0 Å². The number of nitrogens with one attached hydrogen (secondary N) is 1. The average molecular weight is 286 g/mol. The van der Waals surface area contributed by atoms with Crippen LogP contribution in [0, 0.1) is 11.3 Å². The zero-order chi connectivity index (χ0) is 16.0. The minimum atomic E-state index is -0.989. The molecular formula is C15H30N2O3. The summed E-state index contributed by atoms with van der Waals surface area (Å²) in [6, 6.07) is 0. The molecule has 0 aromatic rings. The molecule has 0 aromatic heterocycles. The van der Waals surface area contributed by atoms with Gasteiger partial charge in [-0.1, -0.05) is 20.8 Å². The number of nitrogens with two attached hydrogens (primary N) is 1. The Balaban J connectivity index is 4.44. The van der Waals surface area contributed by atoms with Crippen molar-refractivity contribution in [3.8, 4) is 0 Å². The molecule has 0 aliphatic heterocycles. The average Bonchev–Trinajstić information content (AvgIpc) is 2.31. The zero-order valence-electron chi connectivity index (χ0n) is 13.7. The summed E-state index contributed by atoms with van der Waals surface area (Å²) in [5.74, 6) is -0.189. The highest BCUT2D eigenvalue weighted by Gasteiger charge is 2.31. The van der Waals surface area contributed by atoms with Gasteiger partial charge in [0, 0.05) is 6.42 Å². The SMILES string of the molecule is COC(=O)C(C)(C)NC(=O)CCC(CCN)C(C)(C)C. The molecule has 0 radical (unpaired) electrons. The quantitative estimate of drug-likeness (QED) is 0.700. The van der Waals surface area contributed by atoms with E-state index in [0.717, 1.165) is 12.8 Å². The van der Waals surface area contributed by atoms with Gasteiger partial charge in [0.15, 0.2) is 0 Å². The number of amides is 1. The van der Waals surface area contributed by atoms with Crippen molar-refractivity contribution in [2.75, 3.05) is 13.7 Å². The highest BCUT2D eigenvalue weighted by Crippen LogP contribution is 2.32. The molecule has 5 nitrogen and oxygen atoms in total. The topological polar surface area (TPSA) is 81.4 Å². The van der Waals surface area contributed by atoms with Gasteiger partial charge in [0.25, 0.3) is 0 Å². The normalized spacial score (nSPS) is 13.8. The van der Waals surface area contributed by atoms with Gasteiger partial charge >= 0.3 is 5.97 Å². The fourth-order valence-electron chi connectivity index (χ4n) is 2.23. The van der Waals surface area contributed by atoms with E-state index >= 15 is 0 Å². The molecule has 5 heteroatoms. The molecule has 0 saturated heterocycles. The summed E-state index contributed by atoms with van der Waals surface area (Å²) in [5.41, 5.74) is 4.76. The zero-order valence-corrected chi connectivity index (χ0v) is 13.7. The van der Waals surface area contributed by atoms with Gasteiger partial charge in [0.1, 0.15) is 5.54 Å². The second-order valence-electron chi connectivity index (χ2n) is 6.84. The molecule has 20 heavy (non-hydrogen) atoms. The number of methoxy groups -OCH3 is 1. The van der Waals surface area contributed by atoms with Crippen LogP contribution in [0.15, 0.2) is 0 Å². The van der Waals surface area contributed by atoms with Crippen LogP contribution in [0.4, 0.5) is 0 Å². The molecule has 118 valence electrons. The van der Waals surface area contributed by atoms with Crippen molar-refractivity contribution >= 4 is 11.9 Å². The van der Waals surface area contributed by atoms with Crippen LogP contribution in [0.25, 0.3) is 0 Å². The fraction of sp³-hybridized carbons (Fsp3) is 0.867. The number of carbonyl (C=O) groups excluding carboxylic acids is 2. The van der Waals surface area contributed by atoms with Crippen molar-refractivity contribution in [1.82, 2.24) is 5.32 Å². The highest BCUT2D eigenvalue weighted by atomic mass is 16.5. The fourth-order valence-corrected chi connectivity index (χ4v) is 2.23. The molecule has 0 heterocycles. The lowest BCUT2D eigenvalue weighted by atomic mass is 9.76. The first-order valence-electron chi connectivity index (χ1n) is 7.14. The Hall–Kier alpha value is -1.10. The predicted octanol–water partition coefficient (Wildman–Crippen LogP) is 1.85. The summed E-state index contributed by atoms with van der Waals surface area (Å²) in [6.07, 6.45) is 2.06. The molecule has 0 bridgehead atoms. The maximum Gasteiger partial charge on any atom is 0.330 e. The van der Waals surface area contributed by atoms with Gasteiger partial charge in [0.05, 0.1) is 7.11 Å². The lowest BCUT2D eigenvalue weighted by molar-refractivity contribution is -0.149.